The highest BCUT2D eigenvalue weighted by molar-refractivity contribution is 6.30. The van der Waals surface area contributed by atoms with Crippen LogP contribution in [0.5, 0.6) is 0 Å². The van der Waals surface area contributed by atoms with Gasteiger partial charge in [-0.3, -0.25) is 4.98 Å². The van der Waals surface area contributed by atoms with E-state index in [9.17, 15) is 5.11 Å². The van der Waals surface area contributed by atoms with E-state index in [0.29, 0.717) is 5.02 Å². The fourth-order valence-corrected chi connectivity index (χ4v) is 2.11. The second kappa shape index (κ2) is 6.66. The molecule has 1 heterocycles. The Labute approximate surface area is 118 Å². The van der Waals surface area contributed by atoms with Gasteiger partial charge in [-0.05, 0) is 36.2 Å². The first-order valence-electron chi connectivity index (χ1n) is 6.23. The number of pyridine rings is 1. The predicted molar refractivity (Wildman–Crippen MR) is 77.1 cm³/mol. The van der Waals surface area contributed by atoms with Crippen molar-refractivity contribution < 1.29 is 5.11 Å². The summed E-state index contributed by atoms with van der Waals surface area (Å²) < 4.78 is 0. The van der Waals surface area contributed by atoms with Crippen molar-refractivity contribution in [3.8, 4) is 0 Å². The molecule has 0 aliphatic heterocycles. The number of halogens is 1. The van der Waals surface area contributed by atoms with Gasteiger partial charge in [-0.15, -0.1) is 0 Å². The first-order valence-corrected chi connectivity index (χ1v) is 6.61. The highest BCUT2D eigenvalue weighted by atomic mass is 35.5. The molecule has 2 rings (SSSR count). The average molecular weight is 277 g/mol. The third-order valence-electron chi connectivity index (χ3n) is 3.09. The van der Waals surface area contributed by atoms with Crippen molar-refractivity contribution >= 4 is 11.6 Å². The molecule has 100 valence electrons. The molecular weight excluding hydrogens is 260 g/mol. The molecular formula is C15H17ClN2O. The summed E-state index contributed by atoms with van der Waals surface area (Å²) in [5, 5.41) is 13.6. The average Bonchev–Trinajstić information content (AvgIpc) is 2.46. The minimum atomic E-state index is -0.118. The third-order valence-corrected chi connectivity index (χ3v) is 3.34. The van der Waals surface area contributed by atoms with Crippen LogP contribution in [0.1, 0.15) is 30.1 Å². The molecule has 2 aromatic rings. The molecule has 2 atom stereocenters. The number of hydrogen-bond acceptors (Lipinski definition) is 3. The van der Waals surface area contributed by atoms with Crippen molar-refractivity contribution in [2.45, 2.75) is 19.0 Å². The lowest BCUT2D eigenvalue weighted by Crippen LogP contribution is -2.27. The summed E-state index contributed by atoms with van der Waals surface area (Å²) in [5.74, 6) is 0. The molecule has 1 aromatic carbocycles. The summed E-state index contributed by atoms with van der Waals surface area (Å²) in [7, 11) is 0. The van der Waals surface area contributed by atoms with Gasteiger partial charge in [-0.1, -0.05) is 29.8 Å². The van der Waals surface area contributed by atoms with Crippen LogP contribution in [0.2, 0.25) is 5.02 Å². The second-order valence-corrected chi connectivity index (χ2v) is 4.90. The molecule has 0 aliphatic carbocycles. The van der Waals surface area contributed by atoms with Crippen molar-refractivity contribution in [3.63, 3.8) is 0 Å². The Balaban J connectivity index is 2.09. The van der Waals surface area contributed by atoms with Crippen LogP contribution in [0, 0.1) is 0 Å². The van der Waals surface area contributed by atoms with Gasteiger partial charge in [0.1, 0.15) is 0 Å². The maximum atomic E-state index is 9.53. The van der Waals surface area contributed by atoms with E-state index < -0.39 is 0 Å². The number of rotatable bonds is 5. The predicted octanol–water partition coefficient (Wildman–Crippen LogP) is 3.12. The molecule has 1 aromatic heterocycles. The van der Waals surface area contributed by atoms with E-state index in [4.69, 9.17) is 11.6 Å². The molecule has 4 heteroatoms. The number of aliphatic hydroxyl groups is 1. The van der Waals surface area contributed by atoms with E-state index in [0.717, 1.165) is 11.1 Å². The van der Waals surface area contributed by atoms with Crippen LogP contribution in [0.15, 0.2) is 48.8 Å². The van der Waals surface area contributed by atoms with Gasteiger partial charge in [0.25, 0.3) is 0 Å². The van der Waals surface area contributed by atoms with Gasteiger partial charge in [0.2, 0.25) is 0 Å². The highest BCUT2D eigenvalue weighted by Crippen LogP contribution is 2.20. The Morgan fingerprint density at radius 1 is 1.21 bits per heavy atom. The molecule has 0 saturated heterocycles. The summed E-state index contributed by atoms with van der Waals surface area (Å²) in [6.07, 6.45) is 3.58. The van der Waals surface area contributed by atoms with E-state index in [-0.39, 0.29) is 18.7 Å². The molecule has 3 nitrogen and oxygen atoms in total. The van der Waals surface area contributed by atoms with Crippen molar-refractivity contribution in [2.24, 2.45) is 0 Å². The van der Waals surface area contributed by atoms with Crippen LogP contribution < -0.4 is 5.32 Å². The molecule has 0 radical (unpaired) electrons. The van der Waals surface area contributed by atoms with E-state index >= 15 is 0 Å². The zero-order valence-electron chi connectivity index (χ0n) is 10.8. The van der Waals surface area contributed by atoms with Gasteiger partial charge < -0.3 is 10.4 Å². The zero-order chi connectivity index (χ0) is 13.7. The number of hydrogen-bond donors (Lipinski definition) is 2. The lowest BCUT2D eigenvalue weighted by atomic mass is 10.0. The fourth-order valence-electron chi connectivity index (χ4n) is 1.98. The van der Waals surface area contributed by atoms with Gasteiger partial charge in [0.05, 0.1) is 12.6 Å². The lowest BCUT2D eigenvalue weighted by Gasteiger charge is -2.22. The molecule has 19 heavy (non-hydrogen) atoms. The summed E-state index contributed by atoms with van der Waals surface area (Å²) >= 11 is 5.87. The van der Waals surface area contributed by atoms with Crippen molar-refractivity contribution in [2.75, 3.05) is 6.61 Å². The van der Waals surface area contributed by atoms with Gasteiger partial charge in [0, 0.05) is 23.5 Å². The lowest BCUT2D eigenvalue weighted by molar-refractivity contribution is 0.235. The zero-order valence-corrected chi connectivity index (χ0v) is 11.5. The van der Waals surface area contributed by atoms with Crippen molar-refractivity contribution in [1.29, 1.82) is 0 Å². The minimum Gasteiger partial charge on any atom is -0.394 e. The number of benzene rings is 1. The fraction of sp³-hybridized carbons (Fsp3) is 0.267. The number of aliphatic hydroxyl groups excluding tert-OH is 1. The largest absolute Gasteiger partial charge is 0.394 e. The topological polar surface area (TPSA) is 45.1 Å². The van der Waals surface area contributed by atoms with Crippen LogP contribution >= 0.6 is 11.6 Å². The van der Waals surface area contributed by atoms with Gasteiger partial charge in [-0.25, -0.2) is 0 Å². The SMILES string of the molecule is CC(NC(CO)c1ccc(Cl)cc1)c1cccnc1. The molecule has 0 spiro atoms. The first-order chi connectivity index (χ1) is 9.20. The highest BCUT2D eigenvalue weighted by Gasteiger charge is 2.14. The molecule has 0 fully saturated rings. The Morgan fingerprint density at radius 2 is 1.95 bits per heavy atom. The normalized spacial score (nSPS) is 14.1. The van der Waals surface area contributed by atoms with Crippen molar-refractivity contribution in [1.82, 2.24) is 10.3 Å². The van der Waals surface area contributed by atoms with E-state index in [2.05, 4.69) is 17.2 Å². The Hall–Kier alpha value is -1.42. The van der Waals surface area contributed by atoms with Crippen LogP contribution in [-0.4, -0.2) is 16.7 Å². The van der Waals surface area contributed by atoms with Gasteiger partial charge in [0.15, 0.2) is 0 Å². The molecule has 0 amide bonds. The molecule has 2 N–H and O–H groups in total. The van der Waals surface area contributed by atoms with Crippen LogP contribution in [0.25, 0.3) is 0 Å². The van der Waals surface area contributed by atoms with E-state index in [1.54, 1.807) is 6.20 Å². The maximum Gasteiger partial charge on any atom is 0.0626 e. The molecule has 2 unspecified atom stereocenters. The number of aromatic nitrogens is 1. The van der Waals surface area contributed by atoms with Gasteiger partial charge >= 0.3 is 0 Å². The first kappa shape index (κ1) is 14.0. The minimum absolute atomic E-state index is 0.0340. The monoisotopic (exact) mass is 276 g/mol. The molecule has 0 saturated carbocycles. The standard InChI is InChI=1S/C15H17ClN2O/c1-11(13-3-2-8-17-9-13)18-15(10-19)12-4-6-14(16)7-5-12/h2-9,11,15,18-19H,10H2,1H3. The van der Waals surface area contributed by atoms with Gasteiger partial charge in [-0.2, -0.15) is 0 Å². The van der Waals surface area contributed by atoms with Crippen molar-refractivity contribution in [3.05, 3.63) is 64.9 Å². The Bertz CT molecular complexity index is 501. The smallest absolute Gasteiger partial charge is 0.0626 e. The number of nitrogens with zero attached hydrogens (tertiary/aromatic N) is 1. The quantitative estimate of drug-likeness (QED) is 0.882. The van der Waals surface area contributed by atoms with Crippen LogP contribution in [0.4, 0.5) is 0 Å². The Kier molecular flexibility index (Phi) is 4.91. The second-order valence-electron chi connectivity index (χ2n) is 4.46. The maximum absolute atomic E-state index is 9.53. The summed E-state index contributed by atoms with van der Waals surface area (Å²) in [6, 6.07) is 11.4. The molecule has 0 bridgehead atoms. The summed E-state index contributed by atoms with van der Waals surface area (Å²) in [5.41, 5.74) is 2.11. The summed E-state index contributed by atoms with van der Waals surface area (Å²) in [6.45, 7) is 2.09. The summed E-state index contributed by atoms with van der Waals surface area (Å²) in [4.78, 5) is 4.10. The van der Waals surface area contributed by atoms with Crippen LogP contribution in [0.3, 0.4) is 0 Å². The number of nitrogens with one attached hydrogen (secondary N) is 1. The van der Waals surface area contributed by atoms with E-state index in [1.165, 1.54) is 0 Å². The van der Waals surface area contributed by atoms with E-state index in [1.807, 2.05) is 42.6 Å². The Morgan fingerprint density at radius 3 is 2.53 bits per heavy atom. The van der Waals surface area contributed by atoms with Crippen LogP contribution in [-0.2, 0) is 0 Å². The third kappa shape index (κ3) is 3.77. The molecule has 0 aliphatic rings.